The first-order valence-corrected chi connectivity index (χ1v) is 10.8. The second-order valence-electron chi connectivity index (χ2n) is 6.53. The fourth-order valence-corrected chi connectivity index (χ4v) is 4.42. The minimum atomic E-state index is -0.122. The van der Waals surface area contributed by atoms with Crippen molar-refractivity contribution in [1.29, 1.82) is 0 Å². The fourth-order valence-electron chi connectivity index (χ4n) is 2.97. The van der Waals surface area contributed by atoms with Gasteiger partial charge in [-0.05, 0) is 18.8 Å². The summed E-state index contributed by atoms with van der Waals surface area (Å²) in [4.78, 5) is 30.7. The smallest absolute Gasteiger partial charge is 0.236 e. The topological polar surface area (TPSA) is 62.3 Å². The number of thiazole rings is 1. The lowest BCUT2D eigenvalue weighted by Crippen LogP contribution is -2.40. The molecule has 7 heteroatoms. The van der Waals surface area contributed by atoms with Crippen molar-refractivity contribution in [3.05, 3.63) is 35.7 Å². The van der Waals surface area contributed by atoms with Crippen LogP contribution < -0.4 is 5.32 Å². The van der Waals surface area contributed by atoms with E-state index in [2.05, 4.69) is 17.2 Å². The number of piperidine rings is 1. The molecule has 1 fully saturated rings. The Hall–Kier alpha value is -1.86. The molecule has 2 amide bonds. The minimum absolute atomic E-state index is 0.122. The number of carbonyl (C=O) groups is 2. The lowest BCUT2D eigenvalue weighted by molar-refractivity contribution is -0.130. The molecule has 3 rings (SSSR count). The van der Waals surface area contributed by atoms with Gasteiger partial charge in [-0.3, -0.25) is 9.59 Å². The van der Waals surface area contributed by atoms with E-state index in [1.54, 1.807) is 0 Å². The van der Waals surface area contributed by atoms with Crippen molar-refractivity contribution in [2.45, 2.75) is 19.8 Å². The molecule has 1 aliphatic heterocycles. The number of aromatic nitrogens is 1. The molecule has 1 aliphatic rings. The van der Waals surface area contributed by atoms with Gasteiger partial charge in [0.15, 0.2) is 5.13 Å². The Kier molecular flexibility index (Phi) is 6.68. The predicted molar refractivity (Wildman–Crippen MR) is 108 cm³/mol. The van der Waals surface area contributed by atoms with Gasteiger partial charge in [0.25, 0.3) is 0 Å². The SMILES string of the molecule is CC1CCCN(C(=O)CSCC(=O)Nc2nc(-c3ccccc3)cs2)C1. The van der Waals surface area contributed by atoms with Gasteiger partial charge in [-0.15, -0.1) is 23.1 Å². The minimum Gasteiger partial charge on any atom is -0.342 e. The van der Waals surface area contributed by atoms with Crippen LogP contribution in [0, 0.1) is 5.92 Å². The lowest BCUT2D eigenvalue weighted by atomic mass is 10.0. The highest BCUT2D eigenvalue weighted by Gasteiger charge is 2.20. The van der Waals surface area contributed by atoms with Crippen LogP contribution in [0.15, 0.2) is 35.7 Å². The van der Waals surface area contributed by atoms with Gasteiger partial charge >= 0.3 is 0 Å². The number of hydrogen-bond acceptors (Lipinski definition) is 5. The zero-order valence-electron chi connectivity index (χ0n) is 14.8. The predicted octanol–water partition coefficient (Wildman–Crippen LogP) is 3.74. The molecule has 2 heterocycles. The molecule has 0 bridgehead atoms. The van der Waals surface area contributed by atoms with Crippen molar-refractivity contribution < 1.29 is 9.59 Å². The summed E-state index contributed by atoms with van der Waals surface area (Å²) in [7, 11) is 0. The molecule has 1 saturated heterocycles. The number of nitrogens with one attached hydrogen (secondary N) is 1. The average Bonchev–Trinajstić information content (AvgIpc) is 3.11. The largest absolute Gasteiger partial charge is 0.342 e. The van der Waals surface area contributed by atoms with Gasteiger partial charge in [-0.1, -0.05) is 37.3 Å². The molecule has 2 aromatic rings. The van der Waals surface area contributed by atoms with Crippen LogP contribution in [0.25, 0.3) is 11.3 Å². The second kappa shape index (κ2) is 9.19. The van der Waals surface area contributed by atoms with Crippen LogP contribution in [0.3, 0.4) is 0 Å². The Morgan fingerprint density at radius 3 is 2.88 bits per heavy atom. The Balaban J connectivity index is 1.42. The number of thioether (sulfide) groups is 1. The first kappa shape index (κ1) is 18.9. The Morgan fingerprint density at radius 1 is 1.31 bits per heavy atom. The van der Waals surface area contributed by atoms with Crippen molar-refractivity contribution >= 4 is 40.0 Å². The number of benzene rings is 1. The normalized spacial score (nSPS) is 17.1. The fraction of sp³-hybridized carbons (Fsp3) is 0.421. The summed E-state index contributed by atoms with van der Waals surface area (Å²) in [5.74, 6) is 1.20. The van der Waals surface area contributed by atoms with Gasteiger partial charge in [0.05, 0.1) is 17.2 Å². The van der Waals surface area contributed by atoms with Crippen LogP contribution in [0.5, 0.6) is 0 Å². The monoisotopic (exact) mass is 389 g/mol. The van der Waals surface area contributed by atoms with Crippen LogP contribution in [-0.2, 0) is 9.59 Å². The Labute approximate surface area is 162 Å². The van der Waals surface area contributed by atoms with Gasteiger partial charge in [0, 0.05) is 24.0 Å². The van der Waals surface area contributed by atoms with Crippen molar-refractivity contribution in [2.75, 3.05) is 29.9 Å². The van der Waals surface area contributed by atoms with E-state index in [9.17, 15) is 9.59 Å². The Morgan fingerprint density at radius 2 is 2.12 bits per heavy atom. The Bertz CT molecular complexity index is 748. The van der Waals surface area contributed by atoms with Crippen LogP contribution in [0.2, 0.25) is 0 Å². The van der Waals surface area contributed by atoms with Crippen molar-refractivity contribution in [1.82, 2.24) is 9.88 Å². The maximum atomic E-state index is 12.2. The highest BCUT2D eigenvalue weighted by molar-refractivity contribution is 8.00. The molecule has 5 nitrogen and oxygen atoms in total. The third kappa shape index (κ3) is 5.32. The van der Waals surface area contributed by atoms with Crippen LogP contribution in [-0.4, -0.2) is 46.3 Å². The first-order valence-electron chi connectivity index (χ1n) is 8.78. The molecule has 0 radical (unpaired) electrons. The summed E-state index contributed by atoms with van der Waals surface area (Å²) in [5, 5.41) is 5.33. The zero-order chi connectivity index (χ0) is 18.4. The molecule has 1 atom stereocenters. The molecule has 1 N–H and O–H groups in total. The summed E-state index contributed by atoms with van der Waals surface area (Å²) in [6.07, 6.45) is 2.27. The molecule has 1 aromatic heterocycles. The van der Waals surface area contributed by atoms with Gasteiger partial charge in [-0.25, -0.2) is 4.98 Å². The van der Waals surface area contributed by atoms with Gasteiger partial charge in [-0.2, -0.15) is 0 Å². The van der Waals surface area contributed by atoms with Crippen LogP contribution in [0.4, 0.5) is 5.13 Å². The number of nitrogens with zero attached hydrogens (tertiary/aromatic N) is 2. The number of amides is 2. The lowest BCUT2D eigenvalue weighted by Gasteiger charge is -2.30. The molecule has 0 saturated carbocycles. The molecule has 1 unspecified atom stereocenters. The standard InChI is InChI=1S/C19H23N3O2S2/c1-14-6-5-9-22(10-14)18(24)13-25-12-17(23)21-19-20-16(11-26-19)15-7-3-2-4-8-15/h2-4,7-8,11,14H,5-6,9-10,12-13H2,1H3,(H,20,21,23). The molecular formula is C19H23N3O2S2. The van der Waals surface area contributed by atoms with Gasteiger partial charge < -0.3 is 10.2 Å². The van der Waals surface area contributed by atoms with Crippen LogP contribution in [0.1, 0.15) is 19.8 Å². The van der Waals surface area contributed by atoms with E-state index in [1.807, 2.05) is 40.6 Å². The number of carbonyl (C=O) groups excluding carboxylic acids is 2. The van der Waals surface area contributed by atoms with Gasteiger partial charge in [0.1, 0.15) is 0 Å². The van der Waals surface area contributed by atoms with E-state index in [0.29, 0.717) is 16.8 Å². The van der Waals surface area contributed by atoms with E-state index in [1.165, 1.54) is 29.5 Å². The number of anilines is 1. The van der Waals surface area contributed by atoms with E-state index in [4.69, 9.17) is 0 Å². The molecule has 0 aliphatic carbocycles. The van der Waals surface area contributed by atoms with E-state index in [-0.39, 0.29) is 17.6 Å². The third-order valence-electron chi connectivity index (χ3n) is 4.29. The third-order valence-corrected chi connectivity index (χ3v) is 5.96. The van der Waals surface area contributed by atoms with E-state index < -0.39 is 0 Å². The summed E-state index contributed by atoms with van der Waals surface area (Å²) >= 11 is 2.77. The molecule has 1 aromatic carbocycles. The quantitative estimate of drug-likeness (QED) is 0.817. The van der Waals surface area contributed by atoms with Crippen molar-refractivity contribution in [3.63, 3.8) is 0 Å². The maximum Gasteiger partial charge on any atom is 0.236 e. The summed E-state index contributed by atoms with van der Waals surface area (Å²) in [5.41, 5.74) is 1.88. The molecule has 138 valence electrons. The first-order chi connectivity index (χ1) is 12.6. The van der Waals surface area contributed by atoms with E-state index >= 15 is 0 Å². The second-order valence-corrected chi connectivity index (χ2v) is 8.38. The van der Waals surface area contributed by atoms with Crippen LogP contribution >= 0.6 is 23.1 Å². The average molecular weight is 390 g/mol. The molecule has 26 heavy (non-hydrogen) atoms. The molecule has 0 spiro atoms. The zero-order valence-corrected chi connectivity index (χ0v) is 16.4. The molecular weight excluding hydrogens is 366 g/mol. The number of likely N-dealkylation sites (tertiary alicyclic amines) is 1. The van der Waals surface area contributed by atoms with E-state index in [0.717, 1.165) is 30.8 Å². The summed E-state index contributed by atoms with van der Waals surface area (Å²) < 4.78 is 0. The number of rotatable bonds is 6. The maximum absolute atomic E-state index is 12.2. The van der Waals surface area contributed by atoms with Crippen molar-refractivity contribution in [2.24, 2.45) is 5.92 Å². The van der Waals surface area contributed by atoms with Gasteiger partial charge in [0.2, 0.25) is 11.8 Å². The summed E-state index contributed by atoms with van der Waals surface area (Å²) in [6, 6.07) is 9.86. The number of hydrogen-bond donors (Lipinski definition) is 1. The van der Waals surface area contributed by atoms with Crippen molar-refractivity contribution in [3.8, 4) is 11.3 Å². The highest BCUT2D eigenvalue weighted by atomic mass is 32.2. The summed E-state index contributed by atoms with van der Waals surface area (Å²) in [6.45, 7) is 3.86. The highest BCUT2D eigenvalue weighted by Crippen LogP contribution is 2.24.